The minimum absolute atomic E-state index is 0.0291. The Kier molecular flexibility index (Phi) is 7.18. The molecule has 7 heteroatoms. The van der Waals surface area contributed by atoms with Gasteiger partial charge < -0.3 is 19.1 Å². The Morgan fingerprint density at radius 2 is 1.93 bits per heavy atom. The standard InChI is InChI=1S/C21H26N2O5/c1-21(2,3)13-19(24)28-17-6-5-15(12-18(17)26-4)11-16(14-22)20(25)23-7-9-27-10-8-23/h5-6,11-12H,7-10,13H2,1-4H3/b16-11+. The smallest absolute Gasteiger partial charge is 0.311 e. The number of carbonyl (C=O) groups excluding carboxylic acids is 2. The molecule has 0 bridgehead atoms. The van der Waals surface area contributed by atoms with E-state index < -0.39 is 0 Å². The van der Waals surface area contributed by atoms with Crippen LogP contribution in [0.2, 0.25) is 0 Å². The maximum absolute atomic E-state index is 12.5. The van der Waals surface area contributed by atoms with Crippen LogP contribution >= 0.6 is 0 Å². The van der Waals surface area contributed by atoms with Gasteiger partial charge in [0.1, 0.15) is 11.6 Å². The van der Waals surface area contributed by atoms with E-state index in [0.717, 1.165) is 0 Å². The van der Waals surface area contributed by atoms with Gasteiger partial charge >= 0.3 is 5.97 Å². The second kappa shape index (κ2) is 9.38. The summed E-state index contributed by atoms with van der Waals surface area (Å²) in [4.78, 5) is 26.2. The molecule has 1 aromatic carbocycles. The van der Waals surface area contributed by atoms with Crippen LogP contribution in [0.5, 0.6) is 11.5 Å². The molecule has 0 saturated carbocycles. The quantitative estimate of drug-likeness (QED) is 0.335. The van der Waals surface area contributed by atoms with Crippen molar-refractivity contribution in [3.63, 3.8) is 0 Å². The van der Waals surface area contributed by atoms with Crippen molar-refractivity contribution in [2.75, 3.05) is 33.4 Å². The number of amides is 1. The summed E-state index contributed by atoms with van der Waals surface area (Å²) in [7, 11) is 1.47. The monoisotopic (exact) mass is 386 g/mol. The predicted octanol–water partition coefficient (Wildman–Crippen LogP) is 2.80. The first-order valence-corrected chi connectivity index (χ1v) is 9.11. The number of methoxy groups -OCH3 is 1. The van der Waals surface area contributed by atoms with Gasteiger partial charge in [-0.05, 0) is 29.2 Å². The highest BCUT2D eigenvalue weighted by atomic mass is 16.6. The van der Waals surface area contributed by atoms with Gasteiger partial charge in [-0.25, -0.2) is 0 Å². The van der Waals surface area contributed by atoms with Crippen LogP contribution in [0.15, 0.2) is 23.8 Å². The molecule has 0 aromatic heterocycles. The lowest BCUT2D eigenvalue weighted by molar-refractivity contribution is -0.136. The van der Waals surface area contributed by atoms with Crippen molar-refractivity contribution in [1.29, 1.82) is 5.26 Å². The molecule has 1 saturated heterocycles. The first kappa shape index (κ1) is 21.5. The Morgan fingerprint density at radius 1 is 1.25 bits per heavy atom. The highest BCUT2D eigenvalue weighted by Crippen LogP contribution is 2.30. The van der Waals surface area contributed by atoms with Gasteiger partial charge in [-0.3, -0.25) is 9.59 Å². The minimum atomic E-state index is -0.352. The number of nitrogens with zero attached hydrogens (tertiary/aromatic N) is 2. The summed E-state index contributed by atoms with van der Waals surface area (Å²) < 4.78 is 15.9. The lowest BCUT2D eigenvalue weighted by Crippen LogP contribution is -2.41. The zero-order valence-corrected chi connectivity index (χ0v) is 16.8. The van der Waals surface area contributed by atoms with Crippen LogP contribution in [0.3, 0.4) is 0 Å². The van der Waals surface area contributed by atoms with Crippen LogP contribution in [0, 0.1) is 16.7 Å². The number of nitriles is 1. The SMILES string of the molecule is COc1cc(/C=C(\C#N)C(=O)N2CCOCC2)ccc1OC(=O)CC(C)(C)C. The van der Waals surface area contributed by atoms with Crippen LogP contribution in [-0.4, -0.2) is 50.2 Å². The van der Waals surface area contributed by atoms with E-state index in [9.17, 15) is 14.9 Å². The topological polar surface area (TPSA) is 88.9 Å². The molecule has 0 spiro atoms. The predicted molar refractivity (Wildman–Crippen MR) is 104 cm³/mol. The summed E-state index contributed by atoms with van der Waals surface area (Å²) in [6.07, 6.45) is 1.77. The average molecular weight is 386 g/mol. The number of ether oxygens (including phenoxy) is 3. The van der Waals surface area contributed by atoms with Gasteiger partial charge in [0.05, 0.1) is 26.7 Å². The van der Waals surface area contributed by atoms with Crippen molar-refractivity contribution in [2.45, 2.75) is 27.2 Å². The van der Waals surface area contributed by atoms with Crippen molar-refractivity contribution >= 4 is 18.0 Å². The number of hydrogen-bond donors (Lipinski definition) is 0. The number of hydrogen-bond acceptors (Lipinski definition) is 6. The maximum atomic E-state index is 12.5. The Bertz CT molecular complexity index is 796. The molecule has 1 amide bonds. The normalized spacial score (nSPS) is 15.0. The molecular formula is C21H26N2O5. The van der Waals surface area contributed by atoms with Crippen LogP contribution in [0.25, 0.3) is 6.08 Å². The van der Waals surface area contributed by atoms with Crippen LogP contribution < -0.4 is 9.47 Å². The third-order valence-electron chi connectivity index (χ3n) is 4.05. The molecule has 0 aliphatic carbocycles. The minimum Gasteiger partial charge on any atom is -0.493 e. The van der Waals surface area contributed by atoms with Crippen molar-refractivity contribution in [1.82, 2.24) is 4.90 Å². The van der Waals surface area contributed by atoms with E-state index in [1.807, 2.05) is 26.8 Å². The molecule has 28 heavy (non-hydrogen) atoms. The molecule has 7 nitrogen and oxygen atoms in total. The van der Waals surface area contributed by atoms with Crippen molar-refractivity contribution in [3.05, 3.63) is 29.3 Å². The van der Waals surface area contributed by atoms with Crippen molar-refractivity contribution in [2.24, 2.45) is 5.41 Å². The van der Waals surface area contributed by atoms with Gasteiger partial charge in [0.2, 0.25) is 0 Å². The van der Waals surface area contributed by atoms with Crippen molar-refractivity contribution in [3.8, 4) is 17.6 Å². The molecule has 1 aromatic rings. The zero-order chi connectivity index (χ0) is 20.7. The summed E-state index contributed by atoms with van der Waals surface area (Å²) in [5.74, 6) is -0.0289. The highest BCUT2D eigenvalue weighted by Gasteiger charge is 2.21. The fourth-order valence-corrected chi connectivity index (χ4v) is 2.70. The zero-order valence-electron chi connectivity index (χ0n) is 16.8. The molecular weight excluding hydrogens is 360 g/mol. The summed E-state index contributed by atoms with van der Waals surface area (Å²) in [5.41, 5.74) is 0.446. The lowest BCUT2D eigenvalue weighted by Gasteiger charge is -2.26. The van der Waals surface area contributed by atoms with E-state index in [1.54, 1.807) is 23.1 Å². The number of carbonyl (C=O) groups is 2. The van der Waals surface area contributed by atoms with Crippen molar-refractivity contribution < 1.29 is 23.8 Å². The number of morpholine rings is 1. The number of rotatable bonds is 5. The second-order valence-electron chi connectivity index (χ2n) is 7.70. The summed E-state index contributed by atoms with van der Waals surface area (Å²) in [6, 6.07) is 6.86. The Balaban J connectivity index is 2.19. The summed E-state index contributed by atoms with van der Waals surface area (Å²) >= 11 is 0. The van der Waals surface area contributed by atoms with E-state index in [4.69, 9.17) is 14.2 Å². The molecule has 1 aliphatic heterocycles. The lowest BCUT2D eigenvalue weighted by atomic mass is 9.92. The molecule has 1 heterocycles. The summed E-state index contributed by atoms with van der Waals surface area (Å²) in [5, 5.41) is 9.40. The third kappa shape index (κ3) is 6.10. The third-order valence-corrected chi connectivity index (χ3v) is 4.05. The molecule has 0 atom stereocenters. The van der Waals surface area contributed by atoms with Gasteiger partial charge in [0.25, 0.3) is 5.91 Å². The average Bonchev–Trinajstić information content (AvgIpc) is 2.65. The van der Waals surface area contributed by atoms with Crippen LogP contribution in [0.4, 0.5) is 0 Å². The second-order valence-corrected chi connectivity index (χ2v) is 7.70. The Hall–Kier alpha value is -2.85. The molecule has 0 N–H and O–H groups in total. The molecule has 1 aliphatic rings. The molecule has 2 rings (SSSR count). The first-order chi connectivity index (χ1) is 13.2. The first-order valence-electron chi connectivity index (χ1n) is 9.11. The Morgan fingerprint density at radius 3 is 2.50 bits per heavy atom. The van der Waals surface area contributed by atoms with Gasteiger partial charge in [-0.15, -0.1) is 0 Å². The fourth-order valence-electron chi connectivity index (χ4n) is 2.70. The molecule has 0 radical (unpaired) electrons. The van der Waals surface area contributed by atoms with Gasteiger partial charge in [0, 0.05) is 13.1 Å². The highest BCUT2D eigenvalue weighted by molar-refractivity contribution is 6.01. The van der Waals surface area contributed by atoms with Gasteiger partial charge in [-0.2, -0.15) is 5.26 Å². The molecule has 0 unspecified atom stereocenters. The van der Waals surface area contributed by atoms with E-state index in [-0.39, 0.29) is 29.3 Å². The van der Waals surface area contributed by atoms with Gasteiger partial charge in [-0.1, -0.05) is 26.8 Å². The van der Waals surface area contributed by atoms with E-state index in [0.29, 0.717) is 43.4 Å². The summed E-state index contributed by atoms with van der Waals surface area (Å²) in [6.45, 7) is 7.71. The van der Waals surface area contributed by atoms with E-state index in [2.05, 4.69) is 0 Å². The van der Waals surface area contributed by atoms with Gasteiger partial charge in [0.15, 0.2) is 11.5 Å². The number of esters is 1. The largest absolute Gasteiger partial charge is 0.493 e. The molecule has 150 valence electrons. The van der Waals surface area contributed by atoms with Crippen LogP contribution in [-0.2, 0) is 14.3 Å². The van der Waals surface area contributed by atoms with Crippen LogP contribution in [0.1, 0.15) is 32.8 Å². The fraction of sp³-hybridized carbons (Fsp3) is 0.476. The maximum Gasteiger partial charge on any atom is 0.311 e. The Labute approximate surface area is 165 Å². The number of benzene rings is 1. The molecule has 1 fully saturated rings. The van der Waals surface area contributed by atoms with E-state index in [1.165, 1.54) is 13.2 Å². The van der Waals surface area contributed by atoms with E-state index >= 15 is 0 Å².